The first-order valence-electron chi connectivity index (χ1n) is 8.28. The van der Waals surface area contributed by atoms with Crippen LogP contribution in [0.25, 0.3) is 0 Å². The van der Waals surface area contributed by atoms with Gasteiger partial charge in [-0.15, -0.1) is 0 Å². The van der Waals surface area contributed by atoms with Crippen molar-refractivity contribution in [3.05, 3.63) is 0 Å². The third kappa shape index (κ3) is 4.69. The number of carbonyl (C=O) groups is 1. The fourth-order valence-corrected chi connectivity index (χ4v) is 3.32. The zero-order chi connectivity index (χ0) is 17.3. The third-order valence-corrected chi connectivity index (χ3v) is 4.43. The lowest BCUT2D eigenvalue weighted by molar-refractivity contribution is -0.199. The molecule has 1 rings (SSSR count). The van der Waals surface area contributed by atoms with Crippen LogP contribution in [0.1, 0.15) is 68.2 Å². The van der Waals surface area contributed by atoms with Crippen LogP contribution in [0.3, 0.4) is 0 Å². The molecule has 4 heteroatoms. The van der Waals surface area contributed by atoms with Crippen LogP contribution >= 0.6 is 0 Å². The number of nitrogens with one attached hydrogen (secondary N) is 1. The van der Waals surface area contributed by atoms with E-state index in [-0.39, 0.29) is 28.9 Å². The Balaban J connectivity index is 2.85. The van der Waals surface area contributed by atoms with Crippen molar-refractivity contribution in [1.82, 2.24) is 5.32 Å². The van der Waals surface area contributed by atoms with E-state index in [4.69, 9.17) is 9.47 Å². The topological polar surface area (TPSA) is 47.6 Å². The van der Waals surface area contributed by atoms with Crippen LogP contribution in [-0.2, 0) is 14.3 Å². The molecule has 1 saturated heterocycles. The van der Waals surface area contributed by atoms with Gasteiger partial charge >= 0.3 is 0 Å². The molecule has 1 amide bonds. The van der Waals surface area contributed by atoms with Crippen LogP contribution < -0.4 is 5.32 Å². The van der Waals surface area contributed by atoms with Gasteiger partial charge in [0.1, 0.15) is 6.10 Å². The zero-order valence-corrected chi connectivity index (χ0v) is 15.9. The minimum Gasteiger partial charge on any atom is -0.369 e. The fourth-order valence-electron chi connectivity index (χ4n) is 3.32. The Bertz CT molecular complexity index is 390. The molecule has 1 fully saturated rings. The molecule has 0 aromatic carbocycles. The summed E-state index contributed by atoms with van der Waals surface area (Å²) in [4.78, 5) is 12.2. The summed E-state index contributed by atoms with van der Waals surface area (Å²) in [5.74, 6) is -0.0138. The maximum atomic E-state index is 12.2. The molecule has 130 valence electrons. The molecular weight excluding hydrogens is 278 g/mol. The molecule has 4 nitrogen and oxygen atoms in total. The van der Waals surface area contributed by atoms with Crippen LogP contribution in [0.2, 0.25) is 0 Å². The first kappa shape index (κ1) is 19.4. The minimum absolute atomic E-state index is 0.0138. The Morgan fingerprint density at radius 3 is 2.18 bits per heavy atom. The highest BCUT2D eigenvalue weighted by molar-refractivity contribution is 5.81. The molecule has 0 unspecified atom stereocenters. The van der Waals surface area contributed by atoms with E-state index in [0.717, 1.165) is 12.8 Å². The number of methoxy groups -OCH3 is 1. The standard InChI is InChI=1S/C18H35NO3/c1-16(2,3)14-18(7,8)11-10-12(22-14)13(21-9)19-15(20)17(4,5)6/h12-14H,10-11H2,1-9H3,(H,19,20)/t12-,13-,14-/m1/s1. The molecule has 0 spiro atoms. The van der Waals surface area contributed by atoms with Crippen molar-refractivity contribution in [2.45, 2.75) is 86.7 Å². The lowest BCUT2D eigenvalue weighted by atomic mass is 9.68. The summed E-state index contributed by atoms with van der Waals surface area (Å²) in [6.07, 6.45) is 1.58. The zero-order valence-electron chi connectivity index (χ0n) is 15.9. The SMILES string of the molecule is CO[C@@H](NC(=O)C(C)(C)C)[C@H]1CCC(C)(C)[C@@H](C(C)(C)C)O1. The third-order valence-electron chi connectivity index (χ3n) is 4.43. The van der Waals surface area contributed by atoms with Crippen LogP contribution in [0, 0.1) is 16.2 Å². The van der Waals surface area contributed by atoms with Gasteiger partial charge in [0.25, 0.3) is 0 Å². The van der Waals surface area contributed by atoms with E-state index < -0.39 is 11.6 Å². The molecular formula is C18H35NO3. The highest BCUT2D eigenvalue weighted by Gasteiger charge is 2.46. The van der Waals surface area contributed by atoms with Gasteiger partial charge in [-0.25, -0.2) is 0 Å². The van der Waals surface area contributed by atoms with E-state index in [2.05, 4.69) is 39.9 Å². The van der Waals surface area contributed by atoms with Crippen molar-refractivity contribution in [3.8, 4) is 0 Å². The second kappa shape index (κ2) is 6.48. The van der Waals surface area contributed by atoms with Gasteiger partial charge < -0.3 is 14.8 Å². The van der Waals surface area contributed by atoms with Crippen molar-refractivity contribution < 1.29 is 14.3 Å². The predicted octanol–water partition coefficient (Wildman–Crippen LogP) is 3.74. The van der Waals surface area contributed by atoms with Gasteiger partial charge in [-0.3, -0.25) is 4.79 Å². The Labute approximate surface area is 136 Å². The Hall–Kier alpha value is -0.610. The molecule has 0 bridgehead atoms. The number of ether oxygens (including phenoxy) is 2. The lowest BCUT2D eigenvalue weighted by Crippen LogP contribution is -2.56. The molecule has 1 aliphatic heterocycles. The Morgan fingerprint density at radius 2 is 1.77 bits per heavy atom. The summed E-state index contributed by atoms with van der Waals surface area (Å²) in [5, 5.41) is 2.99. The number of hydrogen-bond donors (Lipinski definition) is 1. The van der Waals surface area contributed by atoms with Gasteiger partial charge in [-0.2, -0.15) is 0 Å². The second-order valence-electron chi connectivity index (χ2n) is 9.33. The van der Waals surface area contributed by atoms with Gasteiger partial charge in [-0.1, -0.05) is 55.4 Å². The minimum atomic E-state index is -0.436. The Kier molecular flexibility index (Phi) is 5.73. The quantitative estimate of drug-likeness (QED) is 0.807. The molecule has 0 aromatic heterocycles. The predicted molar refractivity (Wildman–Crippen MR) is 89.5 cm³/mol. The van der Waals surface area contributed by atoms with Crippen LogP contribution in [0.5, 0.6) is 0 Å². The molecule has 22 heavy (non-hydrogen) atoms. The summed E-state index contributed by atoms with van der Waals surface area (Å²) in [5.41, 5.74) is -0.260. The van der Waals surface area contributed by atoms with Gasteiger partial charge in [0.2, 0.25) is 5.91 Å². The summed E-state index contributed by atoms with van der Waals surface area (Å²) in [7, 11) is 1.63. The van der Waals surface area contributed by atoms with E-state index in [1.165, 1.54) is 0 Å². The number of amides is 1. The highest BCUT2D eigenvalue weighted by Crippen LogP contribution is 2.44. The molecule has 0 radical (unpaired) electrons. The molecule has 0 saturated carbocycles. The maximum absolute atomic E-state index is 12.2. The average Bonchev–Trinajstić information content (AvgIpc) is 2.33. The first-order chi connectivity index (χ1) is 9.79. The molecule has 3 atom stereocenters. The van der Waals surface area contributed by atoms with Gasteiger partial charge in [-0.05, 0) is 23.7 Å². The largest absolute Gasteiger partial charge is 0.369 e. The van der Waals surface area contributed by atoms with Crippen LogP contribution in [-0.4, -0.2) is 31.5 Å². The molecule has 0 aliphatic carbocycles. The summed E-state index contributed by atoms with van der Waals surface area (Å²) < 4.78 is 11.9. The second-order valence-corrected chi connectivity index (χ2v) is 9.33. The normalized spacial score (nSPS) is 27.3. The Morgan fingerprint density at radius 1 is 1.23 bits per heavy atom. The first-order valence-corrected chi connectivity index (χ1v) is 8.28. The van der Waals surface area contributed by atoms with Crippen molar-refractivity contribution >= 4 is 5.91 Å². The van der Waals surface area contributed by atoms with Crippen molar-refractivity contribution in [1.29, 1.82) is 0 Å². The van der Waals surface area contributed by atoms with E-state index in [9.17, 15) is 4.79 Å². The molecule has 0 aromatic rings. The summed E-state index contributed by atoms with van der Waals surface area (Å²) >= 11 is 0. The lowest BCUT2D eigenvalue weighted by Gasteiger charge is -2.49. The molecule has 1 N–H and O–H groups in total. The van der Waals surface area contributed by atoms with Crippen LogP contribution in [0.4, 0.5) is 0 Å². The number of hydrogen-bond acceptors (Lipinski definition) is 3. The average molecular weight is 313 g/mol. The number of rotatable bonds is 3. The maximum Gasteiger partial charge on any atom is 0.227 e. The highest BCUT2D eigenvalue weighted by atomic mass is 16.6. The van der Waals surface area contributed by atoms with Crippen LogP contribution in [0.15, 0.2) is 0 Å². The van der Waals surface area contributed by atoms with E-state index in [0.29, 0.717) is 0 Å². The van der Waals surface area contributed by atoms with Crippen molar-refractivity contribution in [2.24, 2.45) is 16.2 Å². The van der Waals surface area contributed by atoms with Gasteiger partial charge in [0.15, 0.2) is 6.23 Å². The van der Waals surface area contributed by atoms with E-state index in [1.807, 2.05) is 20.8 Å². The summed E-state index contributed by atoms with van der Waals surface area (Å²) in [6, 6.07) is 0. The fraction of sp³-hybridized carbons (Fsp3) is 0.944. The number of carbonyl (C=O) groups excluding carboxylic acids is 1. The van der Waals surface area contributed by atoms with E-state index in [1.54, 1.807) is 7.11 Å². The smallest absolute Gasteiger partial charge is 0.227 e. The summed E-state index contributed by atoms with van der Waals surface area (Å²) in [6.45, 7) is 16.8. The van der Waals surface area contributed by atoms with Gasteiger partial charge in [0.05, 0.1) is 6.10 Å². The van der Waals surface area contributed by atoms with Crippen molar-refractivity contribution in [2.75, 3.05) is 7.11 Å². The van der Waals surface area contributed by atoms with E-state index >= 15 is 0 Å². The van der Waals surface area contributed by atoms with Gasteiger partial charge in [0, 0.05) is 12.5 Å². The monoisotopic (exact) mass is 313 g/mol. The molecule has 1 heterocycles. The molecule has 1 aliphatic rings. The van der Waals surface area contributed by atoms with Crippen molar-refractivity contribution in [3.63, 3.8) is 0 Å².